The van der Waals surface area contributed by atoms with E-state index in [2.05, 4.69) is 36.1 Å². The molecule has 0 aromatic carbocycles. The van der Waals surface area contributed by atoms with Crippen LogP contribution < -0.4 is 5.32 Å². The first-order valence-corrected chi connectivity index (χ1v) is 8.34. The van der Waals surface area contributed by atoms with Crippen LogP contribution in [0.4, 0.5) is 0 Å². The molecule has 0 amide bonds. The summed E-state index contributed by atoms with van der Waals surface area (Å²) >= 11 is 0. The summed E-state index contributed by atoms with van der Waals surface area (Å²) in [4.78, 5) is 5.21. The quantitative estimate of drug-likeness (QED) is 0.796. The number of piperidine rings is 1. The predicted molar refractivity (Wildman–Crippen MR) is 82.6 cm³/mol. The third kappa shape index (κ3) is 4.17. The Bertz CT molecular complexity index is 242. The maximum absolute atomic E-state index is 3.58. The van der Waals surface area contributed by atoms with Crippen molar-refractivity contribution in [3.8, 4) is 0 Å². The van der Waals surface area contributed by atoms with Crippen LogP contribution in [-0.4, -0.2) is 62.2 Å². The van der Waals surface area contributed by atoms with Crippen LogP contribution in [0.1, 0.15) is 45.4 Å². The Hall–Kier alpha value is -0.120. The lowest BCUT2D eigenvalue weighted by Crippen LogP contribution is -2.49. The fraction of sp³-hybridized carbons (Fsp3) is 1.00. The predicted octanol–water partition coefficient (Wildman–Crippen LogP) is 2.18. The van der Waals surface area contributed by atoms with Gasteiger partial charge in [-0.1, -0.05) is 19.8 Å². The van der Waals surface area contributed by atoms with Crippen molar-refractivity contribution < 1.29 is 0 Å². The molecule has 0 radical (unpaired) electrons. The van der Waals surface area contributed by atoms with Gasteiger partial charge < -0.3 is 15.1 Å². The number of likely N-dealkylation sites (N-methyl/N-ethyl adjacent to an activating group) is 2. The van der Waals surface area contributed by atoms with Gasteiger partial charge in [-0.05, 0) is 65.3 Å². The topological polar surface area (TPSA) is 18.5 Å². The molecule has 0 spiro atoms. The summed E-state index contributed by atoms with van der Waals surface area (Å²) in [6, 6.07) is 1.51. The molecule has 1 heterocycles. The first-order chi connectivity index (χ1) is 9.24. The van der Waals surface area contributed by atoms with Crippen LogP contribution in [0.3, 0.4) is 0 Å². The lowest BCUT2D eigenvalue weighted by molar-refractivity contribution is 0.116. The van der Waals surface area contributed by atoms with Crippen LogP contribution >= 0.6 is 0 Å². The van der Waals surface area contributed by atoms with Gasteiger partial charge in [0, 0.05) is 18.6 Å². The van der Waals surface area contributed by atoms with E-state index in [1.165, 1.54) is 64.7 Å². The maximum Gasteiger partial charge on any atom is 0.0220 e. The summed E-state index contributed by atoms with van der Waals surface area (Å²) in [6.45, 7) is 7.31. The van der Waals surface area contributed by atoms with Crippen LogP contribution in [0.2, 0.25) is 0 Å². The highest BCUT2D eigenvalue weighted by atomic mass is 15.2. The van der Waals surface area contributed by atoms with E-state index in [4.69, 9.17) is 0 Å². The minimum atomic E-state index is 0.705. The first-order valence-electron chi connectivity index (χ1n) is 8.34. The molecule has 1 saturated heterocycles. The Morgan fingerprint density at radius 2 is 1.79 bits per heavy atom. The molecular weight excluding hydrogens is 234 g/mol. The fourth-order valence-corrected chi connectivity index (χ4v) is 3.97. The monoisotopic (exact) mass is 267 g/mol. The van der Waals surface area contributed by atoms with E-state index in [1.807, 2.05) is 0 Å². The van der Waals surface area contributed by atoms with Crippen LogP contribution in [0.15, 0.2) is 0 Å². The highest BCUT2D eigenvalue weighted by molar-refractivity contribution is 4.85. The molecule has 0 bridgehead atoms. The molecule has 1 N–H and O–H groups in total. The zero-order valence-corrected chi connectivity index (χ0v) is 13.2. The third-order valence-electron chi connectivity index (χ3n) is 5.45. The van der Waals surface area contributed by atoms with Crippen LogP contribution in [-0.2, 0) is 0 Å². The third-order valence-corrected chi connectivity index (χ3v) is 5.45. The second-order valence-corrected chi connectivity index (χ2v) is 6.54. The van der Waals surface area contributed by atoms with Gasteiger partial charge in [-0.3, -0.25) is 0 Å². The van der Waals surface area contributed by atoms with E-state index in [0.717, 1.165) is 12.0 Å². The minimum absolute atomic E-state index is 0.705. The molecule has 1 saturated carbocycles. The van der Waals surface area contributed by atoms with Crippen LogP contribution in [0.5, 0.6) is 0 Å². The van der Waals surface area contributed by atoms with Crippen molar-refractivity contribution in [2.45, 2.75) is 57.5 Å². The second-order valence-electron chi connectivity index (χ2n) is 6.54. The molecule has 3 nitrogen and oxygen atoms in total. The van der Waals surface area contributed by atoms with Crippen molar-refractivity contribution in [3.05, 3.63) is 0 Å². The second kappa shape index (κ2) is 7.61. The van der Waals surface area contributed by atoms with Gasteiger partial charge >= 0.3 is 0 Å². The van der Waals surface area contributed by atoms with Crippen molar-refractivity contribution in [2.75, 3.05) is 40.3 Å². The van der Waals surface area contributed by atoms with Crippen molar-refractivity contribution in [3.63, 3.8) is 0 Å². The minimum Gasteiger partial charge on any atom is -0.315 e. The molecule has 1 unspecified atom stereocenters. The summed E-state index contributed by atoms with van der Waals surface area (Å²) in [6.07, 6.45) is 8.47. The molecule has 2 rings (SSSR count). The number of hydrogen-bond donors (Lipinski definition) is 1. The van der Waals surface area contributed by atoms with E-state index in [0.29, 0.717) is 6.04 Å². The molecule has 0 aromatic heterocycles. The summed E-state index contributed by atoms with van der Waals surface area (Å²) in [5, 5.41) is 3.58. The Balaban J connectivity index is 1.77. The fourth-order valence-electron chi connectivity index (χ4n) is 3.97. The maximum atomic E-state index is 3.58. The van der Waals surface area contributed by atoms with E-state index in [9.17, 15) is 0 Å². The molecule has 1 aliphatic heterocycles. The zero-order chi connectivity index (χ0) is 13.7. The Morgan fingerprint density at radius 1 is 1.16 bits per heavy atom. The number of likely N-dealkylation sites (tertiary alicyclic amines) is 1. The van der Waals surface area contributed by atoms with Gasteiger partial charge in [-0.2, -0.15) is 0 Å². The molecule has 2 aliphatic rings. The molecule has 3 heteroatoms. The number of rotatable bonds is 6. The number of nitrogens with zero attached hydrogens (tertiary/aromatic N) is 2. The van der Waals surface area contributed by atoms with E-state index in [-0.39, 0.29) is 0 Å². The standard InChI is InChI=1S/C16H33N3/c1-4-19-11-9-15(10-12-19)18(3)13-16(17-2)14-7-5-6-8-14/h14-17H,4-13H2,1-3H3. The average Bonchev–Trinajstić information content (AvgIpc) is 2.98. The van der Waals surface area contributed by atoms with Crippen molar-refractivity contribution in [2.24, 2.45) is 5.92 Å². The highest BCUT2D eigenvalue weighted by Gasteiger charge is 2.28. The SMILES string of the molecule is CCN1CCC(N(C)CC(NC)C2CCCC2)CC1. The normalized spacial score (nSPS) is 25.3. The van der Waals surface area contributed by atoms with Gasteiger partial charge in [0.1, 0.15) is 0 Å². The summed E-state index contributed by atoms with van der Waals surface area (Å²) in [7, 11) is 4.49. The Kier molecular flexibility index (Phi) is 6.11. The smallest absolute Gasteiger partial charge is 0.0220 e. The van der Waals surface area contributed by atoms with Gasteiger partial charge in [-0.15, -0.1) is 0 Å². The van der Waals surface area contributed by atoms with Crippen molar-refractivity contribution >= 4 is 0 Å². The molecule has 2 fully saturated rings. The lowest BCUT2D eigenvalue weighted by atomic mass is 9.96. The highest BCUT2D eigenvalue weighted by Crippen LogP contribution is 2.28. The molecular formula is C16H33N3. The number of nitrogens with one attached hydrogen (secondary N) is 1. The molecule has 1 aliphatic carbocycles. The van der Waals surface area contributed by atoms with Gasteiger partial charge in [0.25, 0.3) is 0 Å². The van der Waals surface area contributed by atoms with Gasteiger partial charge in [-0.25, -0.2) is 0 Å². The van der Waals surface area contributed by atoms with Crippen molar-refractivity contribution in [1.29, 1.82) is 0 Å². The largest absolute Gasteiger partial charge is 0.315 e. The van der Waals surface area contributed by atoms with E-state index >= 15 is 0 Å². The number of hydrogen-bond acceptors (Lipinski definition) is 3. The summed E-state index contributed by atoms with van der Waals surface area (Å²) < 4.78 is 0. The van der Waals surface area contributed by atoms with Crippen LogP contribution in [0.25, 0.3) is 0 Å². The molecule has 112 valence electrons. The van der Waals surface area contributed by atoms with Gasteiger partial charge in [0.2, 0.25) is 0 Å². The van der Waals surface area contributed by atoms with Crippen LogP contribution in [0, 0.1) is 5.92 Å². The summed E-state index contributed by atoms with van der Waals surface area (Å²) in [5.41, 5.74) is 0. The van der Waals surface area contributed by atoms with Gasteiger partial charge in [0.05, 0.1) is 0 Å². The van der Waals surface area contributed by atoms with Gasteiger partial charge in [0.15, 0.2) is 0 Å². The Morgan fingerprint density at radius 3 is 2.32 bits per heavy atom. The first kappa shape index (κ1) is 15.3. The molecule has 1 atom stereocenters. The average molecular weight is 267 g/mol. The molecule has 19 heavy (non-hydrogen) atoms. The Labute approximate surface area is 119 Å². The molecule has 0 aromatic rings. The van der Waals surface area contributed by atoms with Crippen molar-refractivity contribution in [1.82, 2.24) is 15.1 Å². The van der Waals surface area contributed by atoms with E-state index in [1.54, 1.807) is 0 Å². The van der Waals surface area contributed by atoms with E-state index < -0.39 is 0 Å². The zero-order valence-electron chi connectivity index (χ0n) is 13.2. The lowest BCUT2D eigenvalue weighted by Gasteiger charge is -2.38. The summed E-state index contributed by atoms with van der Waals surface area (Å²) in [5.74, 6) is 0.920.